The predicted octanol–water partition coefficient (Wildman–Crippen LogP) is 3.62. The number of aliphatic hydroxyl groups excluding tert-OH is 1. The number of benzene rings is 2. The van der Waals surface area contributed by atoms with Crippen molar-refractivity contribution < 1.29 is 29.0 Å². The molecule has 8 heteroatoms. The molecule has 0 saturated carbocycles. The summed E-state index contributed by atoms with van der Waals surface area (Å²) in [7, 11) is 0. The van der Waals surface area contributed by atoms with Crippen molar-refractivity contribution in [1.29, 1.82) is 0 Å². The highest BCUT2D eigenvalue weighted by Crippen LogP contribution is 2.58. The molecule has 210 valence electrons. The van der Waals surface area contributed by atoms with Crippen LogP contribution in [-0.4, -0.2) is 70.8 Å². The first kappa shape index (κ1) is 26.7. The largest absolute Gasteiger partial charge is 0.465 e. The van der Waals surface area contributed by atoms with Crippen LogP contribution in [0.1, 0.15) is 33.6 Å². The van der Waals surface area contributed by atoms with Gasteiger partial charge in [0.2, 0.25) is 5.91 Å². The van der Waals surface area contributed by atoms with Crippen molar-refractivity contribution in [3.8, 4) is 0 Å². The van der Waals surface area contributed by atoms with Crippen molar-refractivity contribution in [2.45, 2.75) is 56.9 Å². The molecule has 4 heterocycles. The molecule has 0 aliphatic carbocycles. The van der Waals surface area contributed by atoms with Crippen LogP contribution >= 0.6 is 0 Å². The summed E-state index contributed by atoms with van der Waals surface area (Å²) in [6.07, 6.45) is 8.69. The lowest BCUT2D eigenvalue weighted by atomic mass is 9.74. The summed E-state index contributed by atoms with van der Waals surface area (Å²) >= 11 is 0. The number of ether oxygens (including phenoxy) is 2. The van der Waals surface area contributed by atoms with Crippen molar-refractivity contribution in [3.63, 3.8) is 0 Å². The molecule has 1 unspecified atom stereocenters. The van der Waals surface area contributed by atoms with Crippen LogP contribution in [0, 0.1) is 17.8 Å². The third kappa shape index (κ3) is 3.84. The maximum absolute atomic E-state index is 14.7. The molecule has 2 saturated heterocycles. The average molecular weight is 545 g/mol. The minimum Gasteiger partial charge on any atom is -0.465 e. The first-order valence-corrected chi connectivity index (χ1v) is 14.2. The number of esters is 1. The summed E-state index contributed by atoms with van der Waals surface area (Å²) in [5.41, 5.74) is -1.82. The fourth-order valence-electron chi connectivity index (χ4n) is 7.18. The number of fused-ring (bicyclic) bond motifs is 3. The minimum atomic E-state index is -1.40. The Morgan fingerprint density at radius 2 is 1.80 bits per heavy atom. The standard InChI is InChI=1S/C32H36N2O6/c1-4-20(2)24(19-35)34-27-29(37)33(23-13-12-21-10-5-6-11-22(21)18-23)16-9-15-32(27)25(28(34)36)26-30(38)39-17-8-7-14-31(26,3)40-32/h5-7,9-15,18,20,24-27,35H,4,8,16-17,19H2,1-3H3/t20-,24-,25-,26+,27?,31-,32-/m0/s1. The van der Waals surface area contributed by atoms with E-state index in [4.69, 9.17) is 9.47 Å². The highest BCUT2D eigenvalue weighted by molar-refractivity contribution is 6.06. The SMILES string of the molecule is CC[C@H](C)[C@H](CO)N1C(=O)[C@@H]2[C@@H]3C(=O)OCCC=C[C@]3(C)O[C@@]23C=CCN(c2ccc4ccccc4c2)C(=O)C13. The molecule has 4 aliphatic heterocycles. The highest BCUT2D eigenvalue weighted by atomic mass is 16.6. The molecule has 1 N–H and O–H groups in total. The van der Waals surface area contributed by atoms with Crippen molar-refractivity contribution in [2.75, 3.05) is 24.7 Å². The Bertz CT molecular complexity index is 1420. The van der Waals surface area contributed by atoms with Crippen molar-refractivity contribution in [3.05, 3.63) is 66.8 Å². The number of hydrogen-bond donors (Lipinski definition) is 1. The van der Waals surface area contributed by atoms with Gasteiger partial charge >= 0.3 is 5.97 Å². The van der Waals surface area contributed by atoms with E-state index in [0.717, 1.165) is 10.8 Å². The molecule has 2 aromatic carbocycles. The molecular formula is C32H36N2O6. The van der Waals surface area contributed by atoms with Gasteiger partial charge in [-0.15, -0.1) is 0 Å². The maximum Gasteiger partial charge on any atom is 0.313 e. The van der Waals surface area contributed by atoms with Gasteiger partial charge in [0.25, 0.3) is 5.91 Å². The third-order valence-corrected chi connectivity index (χ3v) is 9.35. The van der Waals surface area contributed by atoms with Gasteiger partial charge in [0, 0.05) is 12.2 Å². The van der Waals surface area contributed by atoms with E-state index in [-0.39, 0.29) is 37.5 Å². The Hall–Kier alpha value is -3.49. The molecule has 2 amide bonds. The predicted molar refractivity (Wildman–Crippen MR) is 150 cm³/mol. The quantitative estimate of drug-likeness (QED) is 0.456. The number of amides is 2. The minimum absolute atomic E-state index is 0.0884. The lowest BCUT2D eigenvalue weighted by Gasteiger charge is -2.41. The number of aliphatic hydroxyl groups is 1. The molecule has 2 fully saturated rings. The van der Waals surface area contributed by atoms with Crippen molar-refractivity contribution >= 4 is 34.2 Å². The monoisotopic (exact) mass is 544 g/mol. The molecule has 1 spiro atoms. The normalized spacial score (nSPS) is 33.1. The van der Waals surface area contributed by atoms with Gasteiger partial charge in [0.15, 0.2) is 0 Å². The van der Waals surface area contributed by atoms with Crippen LogP contribution in [0.25, 0.3) is 10.8 Å². The van der Waals surface area contributed by atoms with E-state index in [1.807, 2.05) is 80.6 Å². The maximum atomic E-state index is 14.7. The zero-order valence-corrected chi connectivity index (χ0v) is 23.2. The van der Waals surface area contributed by atoms with E-state index in [0.29, 0.717) is 18.5 Å². The molecule has 40 heavy (non-hydrogen) atoms. The number of carbonyl (C=O) groups excluding carboxylic acids is 3. The van der Waals surface area contributed by atoms with Gasteiger partial charge in [-0.1, -0.05) is 74.9 Å². The van der Waals surface area contributed by atoms with E-state index >= 15 is 0 Å². The molecule has 0 bridgehead atoms. The lowest BCUT2D eigenvalue weighted by molar-refractivity contribution is -0.160. The van der Waals surface area contributed by atoms with E-state index in [9.17, 15) is 19.5 Å². The van der Waals surface area contributed by atoms with Crippen LogP contribution in [0.15, 0.2) is 66.8 Å². The van der Waals surface area contributed by atoms with Crippen LogP contribution in [0.4, 0.5) is 5.69 Å². The van der Waals surface area contributed by atoms with Gasteiger partial charge in [-0.3, -0.25) is 14.4 Å². The topological polar surface area (TPSA) is 96.4 Å². The van der Waals surface area contributed by atoms with E-state index < -0.39 is 41.1 Å². The number of hydrogen-bond acceptors (Lipinski definition) is 6. The molecule has 4 aliphatic rings. The van der Waals surface area contributed by atoms with Crippen molar-refractivity contribution in [1.82, 2.24) is 4.90 Å². The van der Waals surface area contributed by atoms with Gasteiger partial charge in [-0.2, -0.15) is 0 Å². The van der Waals surface area contributed by atoms with Gasteiger partial charge < -0.3 is 24.4 Å². The summed E-state index contributed by atoms with van der Waals surface area (Å²) in [6, 6.07) is 12.1. The summed E-state index contributed by atoms with van der Waals surface area (Å²) < 4.78 is 12.4. The summed E-state index contributed by atoms with van der Waals surface area (Å²) in [6.45, 7) is 5.95. The van der Waals surface area contributed by atoms with E-state index in [1.54, 1.807) is 11.8 Å². The number of cyclic esters (lactones) is 1. The molecule has 7 atom stereocenters. The average Bonchev–Trinajstić information content (AvgIpc) is 3.27. The molecule has 2 aromatic rings. The van der Waals surface area contributed by atoms with Gasteiger partial charge in [-0.05, 0) is 42.2 Å². The first-order valence-electron chi connectivity index (χ1n) is 14.2. The molecule has 6 rings (SSSR count). The summed E-state index contributed by atoms with van der Waals surface area (Å²) in [5.74, 6) is -3.13. The Morgan fingerprint density at radius 1 is 1.02 bits per heavy atom. The molecular weight excluding hydrogens is 508 g/mol. The Kier molecular flexibility index (Phi) is 6.58. The zero-order chi connectivity index (χ0) is 28.2. The third-order valence-electron chi connectivity index (χ3n) is 9.35. The second-order valence-electron chi connectivity index (χ2n) is 11.6. The second-order valence-corrected chi connectivity index (χ2v) is 11.6. The summed E-state index contributed by atoms with van der Waals surface area (Å²) in [5, 5.41) is 12.6. The number of anilines is 1. The molecule has 8 nitrogen and oxygen atoms in total. The number of likely N-dealkylation sites (tertiary alicyclic amines) is 1. The van der Waals surface area contributed by atoms with Gasteiger partial charge in [-0.25, -0.2) is 0 Å². The van der Waals surface area contributed by atoms with E-state index in [1.165, 1.54) is 4.90 Å². The molecule has 0 aromatic heterocycles. The van der Waals surface area contributed by atoms with Crippen LogP contribution in [0.2, 0.25) is 0 Å². The van der Waals surface area contributed by atoms with E-state index in [2.05, 4.69) is 0 Å². The first-order chi connectivity index (χ1) is 19.3. The second kappa shape index (κ2) is 9.85. The Balaban J connectivity index is 1.52. The fourth-order valence-corrected chi connectivity index (χ4v) is 7.18. The summed E-state index contributed by atoms with van der Waals surface area (Å²) in [4.78, 5) is 45.9. The van der Waals surface area contributed by atoms with Crippen molar-refractivity contribution in [2.24, 2.45) is 17.8 Å². The zero-order valence-electron chi connectivity index (χ0n) is 23.2. The Morgan fingerprint density at radius 3 is 2.55 bits per heavy atom. The number of carbonyl (C=O) groups is 3. The van der Waals surface area contributed by atoms with Gasteiger partial charge in [0.05, 0.1) is 30.8 Å². The highest BCUT2D eigenvalue weighted by Gasteiger charge is 2.75. The molecule has 0 radical (unpaired) electrons. The van der Waals surface area contributed by atoms with Crippen LogP contribution in [0.5, 0.6) is 0 Å². The van der Waals surface area contributed by atoms with Gasteiger partial charge in [0.1, 0.15) is 17.6 Å². The number of rotatable bonds is 5. The fraction of sp³-hybridized carbons (Fsp3) is 0.469. The lowest BCUT2D eigenvalue weighted by Crippen LogP contribution is -2.60. The smallest absolute Gasteiger partial charge is 0.313 e. The van der Waals surface area contributed by atoms with Crippen LogP contribution in [-0.2, 0) is 23.9 Å². The van der Waals surface area contributed by atoms with Crippen LogP contribution < -0.4 is 4.90 Å². The van der Waals surface area contributed by atoms with Crippen LogP contribution in [0.3, 0.4) is 0 Å². The Labute approximate surface area is 234 Å². The number of nitrogens with zero attached hydrogens (tertiary/aromatic N) is 2.